The van der Waals surface area contributed by atoms with Gasteiger partial charge in [0, 0.05) is 35.1 Å². The van der Waals surface area contributed by atoms with Crippen LogP contribution in [0.25, 0.3) is 22.3 Å². The summed E-state index contributed by atoms with van der Waals surface area (Å²) in [4.78, 5) is 17.7. The van der Waals surface area contributed by atoms with E-state index in [4.69, 9.17) is 4.74 Å². The number of hydrogen-bond donors (Lipinski definition) is 1. The van der Waals surface area contributed by atoms with Crippen LogP contribution in [-0.2, 0) is 4.79 Å². The van der Waals surface area contributed by atoms with Crippen LogP contribution in [0.2, 0.25) is 0 Å². The van der Waals surface area contributed by atoms with Gasteiger partial charge in [0.1, 0.15) is 5.75 Å². The zero-order chi connectivity index (χ0) is 18.6. The second-order valence-corrected chi connectivity index (χ2v) is 6.77. The SMILES string of the molecule is COc1ccc(/C=C/C(=O)Nc2ccc(-c3cn4ccsc4n3)cc2)cc1. The van der Waals surface area contributed by atoms with Crippen LogP contribution in [0.3, 0.4) is 0 Å². The summed E-state index contributed by atoms with van der Waals surface area (Å²) in [7, 11) is 1.62. The van der Waals surface area contributed by atoms with E-state index in [2.05, 4.69) is 10.3 Å². The highest BCUT2D eigenvalue weighted by Crippen LogP contribution is 2.23. The molecule has 0 saturated carbocycles. The van der Waals surface area contributed by atoms with Crippen molar-refractivity contribution in [1.29, 1.82) is 0 Å². The Balaban J connectivity index is 1.40. The zero-order valence-electron chi connectivity index (χ0n) is 14.6. The second kappa shape index (κ2) is 7.47. The molecule has 0 saturated heterocycles. The molecule has 0 unspecified atom stereocenters. The number of thiazole rings is 1. The fourth-order valence-corrected chi connectivity index (χ4v) is 3.36. The number of amides is 1. The standard InChI is InChI=1S/C21H17N3O2S/c1-26-18-9-2-15(3-10-18)4-11-20(25)22-17-7-5-16(6-8-17)19-14-24-12-13-27-21(24)23-19/h2-14H,1H3,(H,22,25)/b11-4+. The zero-order valence-corrected chi connectivity index (χ0v) is 15.4. The van der Waals surface area contributed by atoms with E-state index in [0.717, 1.165) is 33.2 Å². The van der Waals surface area contributed by atoms with Crippen LogP contribution in [0, 0.1) is 0 Å². The number of nitrogens with zero attached hydrogens (tertiary/aromatic N) is 2. The van der Waals surface area contributed by atoms with Crippen molar-refractivity contribution in [2.45, 2.75) is 0 Å². The molecule has 1 amide bonds. The number of carbonyl (C=O) groups excluding carboxylic acids is 1. The first kappa shape index (κ1) is 17.1. The van der Waals surface area contributed by atoms with Gasteiger partial charge in [0.25, 0.3) is 0 Å². The second-order valence-electron chi connectivity index (χ2n) is 5.89. The summed E-state index contributed by atoms with van der Waals surface area (Å²) in [5.74, 6) is 0.607. The Morgan fingerprint density at radius 2 is 1.93 bits per heavy atom. The molecule has 4 aromatic rings. The fraction of sp³-hybridized carbons (Fsp3) is 0.0476. The number of carbonyl (C=O) groups is 1. The normalized spacial score (nSPS) is 11.1. The van der Waals surface area contributed by atoms with Gasteiger partial charge >= 0.3 is 0 Å². The predicted molar refractivity (Wildman–Crippen MR) is 109 cm³/mol. The molecule has 4 rings (SSSR count). The third-order valence-electron chi connectivity index (χ3n) is 4.08. The number of rotatable bonds is 5. The summed E-state index contributed by atoms with van der Waals surface area (Å²) < 4.78 is 7.12. The minimum Gasteiger partial charge on any atom is -0.497 e. The van der Waals surface area contributed by atoms with E-state index in [1.807, 2.05) is 70.7 Å². The van der Waals surface area contributed by atoms with Crippen LogP contribution in [0.1, 0.15) is 5.56 Å². The number of nitrogens with one attached hydrogen (secondary N) is 1. The van der Waals surface area contributed by atoms with E-state index in [-0.39, 0.29) is 5.91 Å². The molecule has 2 aromatic carbocycles. The summed E-state index contributed by atoms with van der Waals surface area (Å²) in [6.45, 7) is 0. The number of fused-ring (bicyclic) bond motifs is 1. The molecule has 2 heterocycles. The molecule has 0 aliphatic carbocycles. The van der Waals surface area contributed by atoms with Crippen LogP contribution < -0.4 is 10.1 Å². The van der Waals surface area contributed by atoms with Gasteiger partial charge < -0.3 is 10.1 Å². The minimum absolute atomic E-state index is 0.180. The number of benzene rings is 2. The highest BCUT2D eigenvalue weighted by atomic mass is 32.1. The summed E-state index contributed by atoms with van der Waals surface area (Å²) in [6.07, 6.45) is 7.26. The van der Waals surface area contributed by atoms with Crippen LogP contribution in [0.4, 0.5) is 5.69 Å². The molecular formula is C21H17N3O2S. The first-order valence-corrected chi connectivity index (χ1v) is 9.25. The first-order chi connectivity index (χ1) is 13.2. The van der Waals surface area contributed by atoms with Gasteiger partial charge in [0.05, 0.1) is 12.8 Å². The van der Waals surface area contributed by atoms with Gasteiger partial charge in [0.15, 0.2) is 4.96 Å². The monoisotopic (exact) mass is 375 g/mol. The molecule has 2 aromatic heterocycles. The van der Waals surface area contributed by atoms with Crippen molar-refractivity contribution in [2.75, 3.05) is 12.4 Å². The van der Waals surface area contributed by atoms with E-state index in [9.17, 15) is 4.79 Å². The number of hydrogen-bond acceptors (Lipinski definition) is 4. The Kier molecular flexibility index (Phi) is 4.72. The number of anilines is 1. The highest BCUT2D eigenvalue weighted by molar-refractivity contribution is 7.15. The summed E-state index contributed by atoms with van der Waals surface area (Å²) in [5.41, 5.74) is 3.60. The molecule has 0 aliphatic rings. The Labute approximate surface area is 160 Å². The van der Waals surface area contributed by atoms with Crippen molar-refractivity contribution < 1.29 is 9.53 Å². The average Bonchev–Trinajstić information content (AvgIpc) is 3.30. The van der Waals surface area contributed by atoms with Crippen molar-refractivity contribution in [3.8, 4) is 17.0 Å². The van der Waals surface area contributed by atoms with Crippen LogP contribution in [-0.4, -0.2) is 22.4 Å². The van der Waals surface area contributed by atoms with Gasteiger partial charge in [-0.3, -0.25) is 9.20 Å². The summed E-state index contributed by atoms with van der Waals surface area (Å²) in [6, 6.07) is 15.2. The van der Waals surface area contributed by atoms with Crippen molar-refractivity contribution in [3.63, 3.8) is 0 Å². The lowest BCUT2D eigenvalue weighted by Gasteiger charge is -2.03. The third kappa shape index (κ3) is 3.91. The number of imidazole rings is 1. The van der Waals surface area contributed by atoms with Gasteiger partial charge in [-0.2, -0.15) is 0 Å². The fourth-order valence-electron chi connectivity index (χ4n) is 2.66. The molecule has 134 valence electrons. The number of methoxy groups -OCH3 is 1. The maximum absolute atomic E-state index is 12.1. The van der Waals surface area contributed by atoms with Gasteiger partial charge in [-0.15, -0.1) is 11.3 Å². The summed E-state index contributed by atoms with van der Waals surface area (Å²) in [5, 5.41) is 4.87. The predicted octanol–water partition coefficient (Wildman–Crippen LogP) is 4.72. The van der Waals surface area contributed by atoms with Gasteiger partial charge in [0.2, 0.25) is 5.91 Å². The maximum atomic E-state index is 12.1. The van der Waals surface area contributed by atoms with Gasteiger partial charge in [-0.05, 0) is 35.9 Å². The van der Waals surface area contributed by atoms with Gasteiger partial charge in [-0.1, -0.05) is 24.3 Å². The summed E-state index contributed by atoms with van der Waals surface area (Å²) >= 11 is 1.60. The molecule has 5 nitrogen and oxygen atoms in total. The molecule has 0 aliphatic heterocycles. The lowest BCUT2D eigenvalue weighted by atomic mass is 10.1. The number of aromatic nitrogens is 2. The molecule has 0 radical (unpaired) electrons. The van der Waals surface area contributed by atoms with Crippen molar-refractivity contribution in [3.05, 3.63) is 77.9 Å². The van der Waals surface area contributed by atoms with Crippen molar-refractivity contribution in [1.82, 2.24) is 9.38 Å². The largest absolute Gasteiger partial charge is 0.497 e. The van der Waals surface area contributed by atoms with E-state index in [1.165, 1.54) is 6.08 Å². The molecule has 1 N–H and O–H groups in total. The Morgan fingerprint density at radius 3 is 2.63 bits per heavy atom. The van der Waals surface area contributed by atoms with Crippen molar-refractivity contribution >= 4 is 34.0 Å². The van der Waals surface area contributed by atoms with Gasteiger partial charge in [-0.25, -0.2) is 4.98 Å². The molecule has 27 heavy (non-hydrogen) atoms. The van der Waals surface area contributed by atoms with Crippen LogP contribution in [0.5, 0.6) is 5.75 Å². The molecule has 0 spiro atoms. The van der Waals surface area contributed by atoms with Crippen molar-refractivity contribution in [2.24, 2.45) is 0 Å². The van der Waals surface area contributed by atoms with E-state index in [1.54, 1.807) is 24.5 Å². The third-order valence-corrected chi connectivity index (χ3v) is 4.86. The average molecular weight is 375 g/mol. The topological polar surface area (TPSA) is 55.6 Å². The molecule has 0 atom stereocenters. The smallest absolute Gasteiger partial charge is 0.248 e. The van der Waals surface area contributed by atoms with Crippen LogP contribution >= 0.6 is 11.3 Å². The Morgan fingerprint density at radius 1 is 1.15 bits per heavy atom. The highest BCUT2D eigenvalue weighted by Gasteiger charge is 2.05. The lowest BCUT2D eigenvalue weighted by Crippen LogP contribution is -2.07. The maximum Gasteiger partial charge on any atom is 0.248 e. The Bertz CT molecular complexity index is 1060. The molecule has 6 heteroatoms. The minimum atomic E-state index is -0.180. The van der Waals surface area contributed by atoms with Crippen LogP contribution in [0.15, 0.2) is 72.4 Å². The Hall–Kier alpha value is -3.38. The lowest BCUT2D eigenvalue weighted by molar-refractivity contribution is -0.111. The molecular weight excluding hydrogens is 358 g/mol. The van der Waals surface area contributed by atoms with E-state index < -0.39 is 0 Å². The quantitative estimate of drug-likeness (QED) is 0.513. The van der Waals surface area contributed by atoms with E-state index in [0.29, 0.717) is 0 Å². The number of ether oxygens (including phenoxy) is 1. The molecule has 0 fully saturated rings. The van der Waals surface area contributed by atoms with E-state index >= 15 is 0 Å². The first-order valence-electron chi connectivity index (χ1n) is 8.37. The molecule has 0 bridgehead atoms.